The second-order valence-corrected chi connectivity index (χ2v) is 20.7. The van der Waals surface area contributed by atoms with E-state index in [1.807, 2.05) is 76.7 Å². The van der Waals surface area contributed by atoms with Gasteiger partial charge < -0.3 is 4.42 Å². The Morgan fingerprint density at radius 2 is 0.929 bits per heavy atom. The summed E-state index contributed by atoms with van der Waals surface area (Å²) < 4.78 is 52.2. The lowest BCUT2D eigenvalue weighted by atomic mass is 10.1. The van der Waals surface area contributed by atoms with E-state index >= 15 is 0 Å². The molecule has 0 fully saturated rings. The van der Waals surface area contributed by atoms with Gasteiger partial charge in [0, 0.05) is 96.6 Å². The van der Waals surface area contributed by atoms with Crippen LogP contribution in [0.2, 0.25) is 0 Å². The number of fused-ring (bicyclic) bond motifs is 28. The average molecular weight is 1110 g/mol. The number of imidazole rings is 7. The Morgan fingerprint density at radius 3 is 1.55 bits per heavy atom. The number of rotatable bonds is 1. The van der Waals surface area contributed by atoms with E-state index in [1.165, 1.54) is 38.2 Å². The highest BCUT2D eigenvalue weighted by molar-refractivity contribution is 5.81. The third-order valence-electron chi connectivity index (χ3n) is 16.1. The highest BCUT2D eigenvalue weighted by Crippen LogP contribution is 2.36. The number of aryl methyl sites for hydroxylation is 2. The van der Waals surface area contributed by atoms with Crippen LogP contribution in [-0.2, 0) is 40.2 Å². The molecule has 0 N–H and O–H groups in total. The first-order valence-corrected chi connectivity index (χ1v) is 26.9. The fraction of sp³-hybridized carbons (Fsp3) is 0.100. The number of nitrogens with zero attached hydrogens (tertiary/aromatic N) is 23. The second kappa shape index (κ2) is 17.3. The molecule has 400 valence electrons. The van der Waals surface area contributed by atoms with Crippen LogP contribution in [0.4, 0.5) is 0 Å². The summed E-state index contributed by atoms with van der Waals surface area (Å²) in [5.74, 6) is 3.82. The maximum Gasteiger partial charge on any atom is 0.390 e. The van der Waals surface area contributed by atoms with Gasteiger partial charge >= 0.3 is 17.0 Å². The molecule has 24 heteroatoms. The van der Waals surface area contributed by atoms with Crippen LogP contribution < -0.4 is 18.3 Å². The molecule has 0 unspecified atom stereocenters. The third kappa shape index (κ3) is 6.45. The van der Waals surface area contributed by atoms with Crippen LogP contribution in [0.5, 0.6) is 0 Å². The van der Waals surface area contributed by atoms with Crippen LogP contribution in [-0.4, -0.2) is 91.1 Å². The molecule has 4 aliphatic heterocycles. The molecule has 20 heterocycles. The van der Waals surface area contributed by atoms with Gasteiger partial charge in [-0.25, -0.2) is 40.6 Å². The largest absolute Gasteiger partial charge is 0.396 e. The highest BCUT2D eigenvalue weighted by Gasteiger charge is 2.39. The quantitative estimate of drug-likeness (QED) is 0.188. The van der Waals surface area contributed by atoms with Gasteiger partial charge in [-0.15, -0.1) is 0 Å². The van der Waals surface area contributed by atoms with E-state index in [0.29, 0.717) is 29.3 Å². The summed E-state index contributed by atoms with van der Waals surface area (Å²) in [5.41, 5.74) is 20.2. The monoisotopic (exact) mass is 1100 g/mol. The maximum absolute atomic E-state index is 8.01. The number of oxazole rings is 1. The minimum absolute atomic E-state index is 0.555. The molecule has 4 aliphatic rings. The molecular formula is C60H43N23O+4. The zero-order valence-corrected chi connectivity index (χ0v) is 44.3. The van der Waals surface area contributed by atoms with Crippen molar-refractivity contribution in [2.45, 2.75) is 26.2 Å². The number of benzene rings is 1. The van der Waals surface area contributed by atoms with Crippen molar-refractivity contribution in [3.63, 3.8) is 0 Å². The summed E-state index contributed by atoms with van der Waals surface area (Å²) >= 11 is 0. The van der Waals surface area contributed by atoms with Gasteiger partial charge in [0.1, 0.15) is 12.2 Å². The third-order valence-corrected chi connectivity index (χ3v) is 16.1. The minimum Gasteiger partial charge on any atom is -0.396 e. The lowest BCUT2D eigenvalue weighted by Crippen LogP contribution is -2.31. The van der Waals surface area contributed by atoms with Crippen LogP contribution in [0.3, 0.4) is 0 Å². The molecule has 0 bridgehead atoms. The topological polar surface area (TPSA) is 216 Å². The van der Waals surface area contributed by atoms with E-state index in [2.05, 4.69) is 125 Å². The van der Waals surface area contributed by atoms with Crippen molar-refractivity contribution >= 4 is 67.8 Å². The molecule has 21 rings (SSSR count). The molecule has 0 saturated carbocycles. The van der Waals surface area contributed by atoms with Gasteiger partial charge in [-0.05, 0) is 41.4 Å². The predicted octanol–water partition coefficient (Wildman–Crippen LogP) is 5.44. The van der Waals surface area contributed by atoms with Gasteiger partial charge in [-0.3, -0.25) is 44.3 Å². The molecule has 1 aromatic carbocycles. The summed E-state index contributed by atoms with van der Waals surface area (Å²) in [6.07, 6.45) is 36.1. The van der Waals surface area contributed by atoms with Crippen molar-refractivity contribution in [2.75, 3.05) is 0 Å². The normalized spacial score (nSPS) is 13.6. The summed E-state index contributed by atoms with van der Waals surface area (Å²) in [7, 11) is 2.08. The fourth-order valence-electron chi connectivity index (χ4n) is 12.6. The van der Waals surface area contributed by atoms with Gasteiger partial charge in [0.05, 0.1) is 110 Å². The molecule has 0 atom stereocenters. The Bertz CT molecular complexity index is 5710. The molecule has 17 aromatic rings. The van der Waals surface area contributed by atoms with Gasteiger partial charge in [0.15, 0.2) is 0 Å². The predicted molar refractivity (Wildman–Crippen MR) is 302 cm³/mol. The molecule has 84 heavy (non-hydrogen) atoms. The smallest absolute Gasteiger partial charge is 0.390 e. The SMILES string of the molecule is C[n+]1c2n(c3nc4cnccn4c31)Cc1cnccc1-2.[2H]C([2H])([2H])[n+]1c2n(c3nc4cnccn4c31)Cc1cnccc1-2.c1cc2c(cn1)C[n+]1c-2oc2c1nc1cnccn12.c1ccc(-n2c3[n+](c4nc5cnccn5c42)Cc2cnccc2-3)cc1. The fourth-order valence-corrected chi connectivity index (χ4v) is 12.6. The molecule has 0 amide bonds. The van der Waals surface area contributed by atoms with Crippen LogP contribution in [0, 0.1) is 0 Å². The van der Waals surface area contributed by atoms with Crippen LogP contribution in [0.1, 0.15) is 26.4 Å². The number of para-hydroxylation sites is 1. The second-order valence-electron chi connectivity index (χ2n) is 20.7. The first-order chi connectivity index (χ1) is 42.7. The average Bonchev–Trinajstić information content (AvgIpc) is 1.78. The first-order valence-electron chi connectivity index (χ1n) is 28.4. The first kappa shape index (κ1) is 43.0. The number of hydrogen-bond acceptors (Lipinski definition) is 13. The molecular weight excluding hydrogens is 1060 g/mol. The minimum atomic E-state index is -2.32. The molecule has 24 nitrogen and oxygen atoms in total. The molecule has 0 radical (unpaired) electrons. The van der Waals surface area contributed by atoms with Crippen molar-refractivity contribution in [1.29, 1.82) is 0 Å². The van der Waals surface area contributed by atoms with Crippen molar-refractivity contribution < 1.29 is 26.8 Å². The van der Waals surface area contributed by atoms with Crippen molar-refractivity contribution in [3.05, 3.63) is 201 Å². The van der Waals surface area contributed by atoms with Crippen LogP contribution in [0.15, 0.2) is 183 Å². The summed E-state index contributed by atoms with van der Waals surface area (Å²) in [5, 5.41) is 0. The Balaban J connectivity index is 0.0000000877. The maximum atomic E-state index is 8.01. The summed E-state index contributed by atoms with van der Waals surface area (Å²) in [4.78, 5) is 52.0. The molecule has 16 aromatic heterocycles. The molecule has 0 aliphatic carbocycles. The molecule has 0 saturated heterocycles. The van der Waals surface area contributed by atoms with E-state index in [1.54, 1.807) is 78.8 Å². The van der Waals surface area contributed by atoms with E-state index in [0.717, 1.165) is 105 Å². The Hall–Kier alpha value is -11.8. The van der Waals surface area contributed by atoms with Gasteiger partial charge in [0.2, 0.25) is 34.4 Å². The highest BCUT2D eigenvalue weighted by atomic mass is 16.4. The van der Waals surface area contributed by atoms with Crippen LogP contribution in [0.25, 0.3) is 119 Å². The molecule has 0 spiro atoms. The van der Waals surface area contributed by atoms with E-state index in [4.69, 9.17) is 18.5 Å². The van der Waals surface area contributed by atoms with E-state index in [9.17, 15) is 0 Å². The Kier molecular flexibility index (Phi) is 8.89. The van der Waals surface area contributed by atoms with Crippen molar-refractivity contribution in [1.82, 2.24) is 91.1 Å². The van der Waals surface area contributed by atoms with Crippen molar-refractivity contribution in [2.24, 2.45) is 14.0 Å². The number of aromatic nitrogens is 23. The zero-order chi connectivity index (χ0) is 57.8. The standard InChI is InChI=1S/C19H13N6.2C14H11N6.C13H8N5O/c1-2-4-14(5-3-1)25-18-15-6-7-20-10-13(15)12-24(18)17-19(25)23-9-8-21-11-16(23)22-17;2*1-18-13-10-2-3-15-6-9(10)8-20(13)12-14(18)19-5-4-16-7-11(19)17-12;1-2-14-5-8-7-18-11-13(19-12(18)9(1)8)17-4-3-15-6-10(17)16-11/h1-11H,12H2;2*2-7H,8H2,1H3;1-6H,7H2/q4*+1/i;1D3;;. The number of hydrogen-bond donors (Lipinski definition) is 0. The van der Waals surface area contributed by atoms with Crippen LogP contribution >= 0.6 is 0 Å². The van der Waals surface area contributed by atoms with Gasteiger partial charge in [-0.2, -0.15) is 14.5 Å². The Labute approximate surface area is 476 Å². The summed E-state index contributed by atoms with van der Waals surface area (Å²) in [6.45, 7) is 0.612. The van der Waals surface area contributed by atoms with Gasteiger partial charge in [0.25, 0.3) is 39.8 Å². The number of pyridine rings is 4. The van der Waals surface area contributed by atoms with Gasteiger partial charge in [-0.1, -0.05) is 23.2 Å². The lowest BCUT2D eigenvalue weighted by Gasteiger charge is -2.04. The van der Waals surface area contributed by atoms with Crippen molar-refractivity contribution in [3.8, 4) is 51.3 Å². The van der Waals surface area contributed by atoms with E-state index in [-0.39, 0.29) is 0 Å². The van der Waals surface area contributed by atoms with E-state index < -0.39 is 6.98 Å². The summed E-state index contributed by atoms with van der Waals surface area (Å²) in [6, 6.07) is 18.4. The zero-order valence-electron chi connectivity index (χ0n) is 47.3. The Morgan fingerprint density at radius 1 is 0.452 bits per heavy atom. The lowest BCUT2D eigenvalue weighted by molar-refractivity contribution is -0.651.